The average Bonchev–Trinajstić information content (AvgIpc) is 2.42. The summed E-state index contributed by atoms with van der Waals surface area (Å²) in [4.78, 5) is 16.9. The number of rotatable bonds is 3. The van der Waals surface area contributed by atoms with E-state index in [1.165, 1.54) is 11.3 Å². The van der Waals surface area contributed by atoms with Crippen molar-refractivity contribution >= 4 is 22.4 Å². The number of nitrogen functional groups attached to an aromatic ring is 1. The Kier molecular flexibility index (Phi) is 4.14. The van der Waals surface area contributed by atoms with Gasteiger partial charge >= 0.3 is 5.97 Å². The number of esters is 1. The van der Waals surface area contributed by atoms with Gasteiger partial charge in [0.25, 0.3) is 0 Å². The molecule has 0 unspecified atom stereocenters. The van der Waals surface area contributed by atoms with Crippen molar-refractivity contribution in [1.82, 2.24) is 4.98 Å². The van der Waals surface area contributed by atoms with E-state index >= 15 is 0 Å². The molecule has 0 spiro atoms. The minimum atomic E-state index is -0.509. The van der Waals surface area contributed by atoms with Crippen LogP contribution < -0.4 is 5.73 Å². The number of ether oxygens (including phenoxy) is 1. The van der Waals surface area contributed by atoms with Crippen molar-refractivity contribution in [1.29, 1.82) is 0 Å². The topological polar surface area (TPSA) is 65.2 Å². The van der Waals surface area contributed by atoms with Gasteiger partial charge in [-0.1, -0.05) is 13.8 Å². The molecule has 0 radical (unpaired) electrons. The maximum atomic E-state index is 11.9. The van der Waals surface area contributed by atoms with E-state index < -0.39 is 5.60 Å². The summed E-state index contributed by atoms with van der Waals surface area (Å²) in [7, 11) is 0. The van der Waals surface area contributed by atoms with Gasteiger partial charge in [-0.3, -0.25) is 0 Å². The zero-order valence-corrected chi connectivity index (χ0v) is 11.9. The van der Waals surface area contributed by atoms with Gasteiger partial charge in [0, 0.05) is 4.88 Å². The predicted molar refractivity (Wildman–Crippen MR) is 70.2 cm³/mol. The van der Waals surface area contributed by atoms with Crippen molar-refractivity contribution in [2.24, 2.45) is 5.92 Å². The first-order valence-electron chi connectivity index (χ1n) is 5.67. The summed E-state index contributed by atoms with van der Waals surface area (Å²) in [5, 5.41) is 0.418. The third-order valence-electron chi connectivity index (χ3n) is 1.90. The van der Waals surface area contributed by atoms with Crippen LogP contribution in [-0.4, -0.2) is 16.6 Å². The Morgan fingerprint density at radius 2 is 2.06 bits per heavy atom. The maximum Gasteiger partial charge on any atom is 0.358 e. The highest BCUT2D eigenvalue weighted by atomic mass is 32.1. The molecule has 1 aromatic heterocycles. The van der Waals surface area contributed by atoms with E-state index in [1.54, 1.807) is 0 Å². The second-order valence-electron chi connectivity index (χ2n) is 5.42. The number of hydrogen-bond donors (Lipinski definition) is 1. The molecule has 4 nitrogen and oxygen atoms in total. The molecule has 0 aliphatic heterocycles. The third-order valence-corrected chi connectivity index (χ3v) is 2.81. The Labute approximate surface area is 106 Å². The summed E-state index contributed by atoms with van der Waals surface area (Å²) >= 11 is 1.36. The van der Waals surface area contributed by atoms with Gasteiger partial charge < -0.3 is 10.5 Å². The zero-order chi connectivity index (χ0) is 13.2. The van der Waals surface area contributed by atoms with E-state index in [0.29, 0.717) is 16.7 Å². The molecule has 0 atom stereocenters. The van der Waals surface area contributed by atoms with Crippen LogP contribution in [0, 0.1) is 5.92 Å². The van der Waals surface area contributed by atoms with Gasteiger partial charge in [-0.05, 0) is 33.1 Å². The van der Waals surface area contributed by atoms with Crippen LogP contribution in [0.25, 0.3) is 0 Å². The molecule has 17 heavy (non-hydrogen) atoms. The van der Waals surface area contributed by atoms with Crippen molar-refractivity contribution in [3.63, 3.8) is 0 Å². The highest BCUT2D eigenvalue weighted by Crippen LogP contribution is 2.25. The van der Waals surface area contributed by atoms with E-state index in [4.69, 9.17) is 10.5 Å². The Morgan fingerprint density at radius 3 is 2.53 bits per heavy atom. The lowest BCUT2D eigenvalue weighted by Crippen LogP contribution is -2.24. The van der Waals surface area contributed by atoms with Crippen molar-refractivity contribution < 1.29 is 9.53 Å². The number of carbonyl (C=O) groups is 1. The van der Waals surface area contributed by atoms with Crippen molar-refractivity contribution in [2.45, 2.75) is 46.6 Å². The van der Waals surface area contributed by atoms with Crippen LogP contribution in [0.1, 0.15) is 50.0 Å². The number of carbonyl (C=O) groups excluding carboxylic acids is 1. The summed E-state index contributed by atoms with van der Waals surface area (Å²) in [5.41, 5.74) is 5.52. The molecule has 0 saturated heterocycles. The Bertz CT molecular complexity index is 405. The molecular weight excluding hydrogens is 236 g/mol. The molecule has 0 aliphatic rings. The standard InChI is InChI=1S/C12H20N2O2S/c1-7(2)6-8-9(14-11(13)17-8)10(15)16-12(3,4)5/h7H,6H2,1-5H3,(H2,13,14). The lowest BCUT2D eigenvalue weighted by atomic mass is 10.1. The highest BCUT2D eigenvalue weighted by Gasteiger charge is 2.24. The lowest BCUT2D eigenvalue weighted by molar-refractivity contribution is 0.00626. The van der Waals surface area contributed by atoms with Crippen LogP contribution in [0.15, 0.2) is 0 Å². The molecule has 5 heteroatoms. The van der Waals surface area contributed by atoms with E-state index in [9.17, 15) is 4.79 Å². The maximum absolute atomic E-state index is 11.9. The Morgan fingerprint density at radius 1 is 1.47 bits per heavy atom. The van der Waals surface area contributed by atoms with E-state index in [1.807, 2.05) is 20.8 Å². The van der Waals surface area contributed by atoms with Gasteiger partial charge in [0.1, 0.15) is 5.60 Å². The van der Waals surface area contributed by atoms with Crippen LogP contribution in [0.2, 0.25) is 0 Å². The number of anilines is 1. The molecule has 0 amide bonds. The van der Waals surface area contributed by atoms with Gasteiger partial charge in [-0.2, -0.15) is 0 Å². The molecule has 96 valence electrons. The molecule has 0 aliphatic carbocycles. The van der Waals surface area contributed by atoms with E-state index in [-0.39, 0.29) is 5.97 Å². The number of hydrogen-bond acceptors (Lipinski definition) is 5. The largest absolute Gasteiger partial charge is 0.455 e. The first-order chi connectivity index (χ1) is 7.69. The van der Waals surface area contributed by atoms with Gasteiger partial charge in [-0.25, -0.2) is 9.78 Å². The van der Waals surface area contributed by atoms with Crippen LogP contribution in [0.3, 0.4) is 0 Å². The molecule has 0 bridgehead atoms. The number of nitrogens with two attached hydrogens (primary N) is 1. The SMILES string of the molecule is CC(C)Cc1sc(N)nc1C(=O)OC(C)(C)C. The van der Waals surface area contributed by atoms with Gasteiger partial charge in [-0.15, -0.1) is 11.3 Å². The van der Waals surface area contributed by atoms with Crippen molar-refractivity contribution in [3.05, 3.63) is 10.6 Å². The van der Waals surface area contributed by atoms with Crippen LogP contribution in [0.4, 0.5) is 5.13 Å². The van der Waals surface area contributed by atoms with Gasteiger partial charge in [0.15, 0.2) is 10.8 Å². The fourth-order valence-electron chi connectivity index (χ4n) is 1.36. The first-order valence-corrected chi connectivity index (χ1v) is 6.49. The summed E-state index contributed by atoms with van der Waals surface area (Å²) < 4.78 is 5.31. The highest BCUT2D eigenvalue weighted by molar-refractivity contribution is 7.15. The quantitative estimate of drug-likeness (QED) is 0.844. The molecule has 1 rings (SSSR count). The molecule has 0 saturated carbocycles. The molecule has 0 aromatic carbocycles. The molecule has 0 fully saturated rings. The zero-order valence-electron chi connectivity index (χ0n) is 11.0. The minimum Gasteiger partial charge on any atom is -0.455 e. The number of aromatic nitrogens is 1. The van der Waals surface area contributed by atoms with Gasteiger partial charge in [0.05, 0.1) is 0 Å². The number of nitrogens with zero attached hydrogens (tertiary/aromatic N) is 1. The monoisotopic (exact) mass is 256 g/mol. The normalized spacial score (nSPS) is 11.9. The average molecular weight is 256 g/mol. The van der Waals surface area contributed by atoms with E-state index in [2.05, 4.69) is 18.8 Å². The summed E-state index contributed by atoms with van der Waals surface area (Å²) in [6.07, 6.45) is 0.795. The lowest BCUT2D eigenvalue weighted by Gasteiger charge is -2.19. The summed E-state index contributed by atoms with van der Waals surface area (Å²) in [6.45, 7) is 9.69. The van der Waals surface area contributed by atoms with Crippen LogP contribution in [-0.2, 0) is 11.2 Å². The smallest absolute Gasteiger partial charge is 0.358 e. The summed E-state index contributed by atoms with van der Waals surface area (Å²) in [5.74, 6) is 0.0668. The molecule has 1 heterocycles. The summed E-state index contributed by atoms with van der Waals surface area (Å²) in [6, 6.07) is 0. The fraction of sp³-hybridized carbons (Fsp3) is 0.667. The minimum absolute atomic E-state index is 0.371. The van der Waals surface area contributed by atoms with Crippen molar-refractivity contribution in [2.75, 3.05) is 5.73 Å². The molecular formula is C12H20N2O2S. The van der Waals surface area contributed by atoms with Crippen molar-refractivity contribution in [3.8, 4) is 0 Å². The second-order valence-corrected chi connectivity index (χ2v) is 6.54. The van der Waals surface area contributed by atoms with Gasteiger partial charge in [0.2, 0.25) is 0 Å². The number of thiazole rings is 1. The molecule has 2 N–H and O–H groups in total. The van der Waals surface area contributed by atoms with E-state index in [0.717, 1.165) is 11.3 Å². The molecule has 1 aromatic rings. The Balaban J connectivity index is 2.93. The van der Waals surface area contributed by atoms with Crippen LogP contribution >= 0.6 is 11.3 Å². The first kappa shape index (κ1) is 14.0. The third kappa shape index (κ3) is 4.34. The van der Waals surface area contributed by atoms with Crippen LogP contribution in [0.5, 0.6) is 0 Å². The fourth-order valence-corrected chi connectivity index (χ4v) is 2.40. The second kappa shape index (κ2) is 5.04. The Hall–Kier alpha value is -1.10. The predicted octanol–water partition coefficient (Wildman–Crippen LogP) is 2.88.